The van der Waals surface area contributed by atoms with Crippen LogP contribution in [0.2, 0.25) is 0 Å². The molecule has 1 N–H and O–H groups in total. The second-order valence-corrected chi connectivity index (χ2v) is 5.41. The van der Waals surface area contributed by atoms with Gasteiger partial charge in [-0.25, -0.2) is 0 Å². The summed E-state index contributed by atoms with van der Waals surface area (Å²) in [6.07, 6.45) is 2.77. The van der Waals surface area contributed by atoms with Crippen LogP contribution >= 0.6 is 0 Å². The largest absolute Gasteiger partial charge is 0.481 e. The molecule has 5 nitrogen and oxygen atoms in total. The fourth-order valence-electron chi connectivity index (χ4n) is 2.28. The van der Waals surface area contributed by atoms with E-state index in [1.807, 2.05) is 0 Å². The highest BCUT2D eigenvalue weighted by molar-refractivity contribution is 5.84. The molecule has 1 saturated heterocycles. The summed E-state index contributed by atoms with van der Waals surface area (Å²) in [5.74, 6) is -0.479. The van der Waals surface area contributed by atoms with Crippen molar-refractivity contribution in [2.24, 2.45) is 5.92 Å². The number of carboxylic acids is 1. The average molecular weight is 257 g/mol. The molecule has 0 aliphatic carbocycles. The van der Waals surface area contributed by atoms with E-state index in [9.17, 15) is 9.59 Å². The highest BCUT2D eigenvalue weighted by atomic mass is 16.5. The first-order chi connectivity index (χ1) is 8.36. The first-order valence-electron chi connectivity index (χ1n) is 6.43. The summed E-state index contributed by atoms with van der Waals surface area (Å²) >= 11 is 0. The molecule has 0 aromatic rings. The van der Waals surface area contributed by atoms with Crippen LogP contribution in [0.5, 0.6) is 0 Å². The fourth-order valence-corrected chi connectivity index (χ4v) is 2.28. The van der Waals surface area contributed by atoms with Gasteiger partial charge in [-0.3, -0.25) is 9.59 Å². The molecule has 0 aromatic carbocycles. The Labute approximate surface area is 108 Å². The Kier molecular flexibility index (Phi) is 5.14. The molecule has 1 atom stereocenters. The molecule has 1 heterocycles. The second kappa shape index (κ2) is 6.18. The molecule has 1 aliphatic heterocycles. The number of nitrogens with zero attached hydrogens (tertiary/aromatic N) is 1. The third-order valence-electron chi connectivity index (χ3n) is 3.60. The SMILES string of the molecule is COC(C)(C)C(=O)N1CCCC(CCC(=O)O)C1. The zero-order valence-corrected chi connectivity index (χ0v) is 11.4. The van der Waals surface area contributed by atoms with Gasteiger partial charge in [0.15, 0.2) is 0 Å². The van der Waals surface area contributed by atoms with Crippen molar-refractivity contribution in [2.75, 3.05) is 20.2 Å². The number of hydrogen-bond donors (Lipinski definition) is 1. The van der Waals surface area contributed by atoms with E-state index in [0.717, 1.165) is 19.4 Å². The van der Waals surface area contributed by atoms with Crippen molar-refractivity contribution < 1.29 is 19.4 Å². The first kappa shape index (κ1) is 15.0. The van der Waals surface area contributed by atoms with Gasteiger partial charge in [0.2, 0.25) is 0 Å². The van der Waals surface area contributed by atoms with Crippen LogP contribution in [0.3, 0.4) is 0 Å². The van der Waals surface area contributed by atoms with Gasteiger partial charge in [-0.2, -0.15) is 0 Å². The van der Waals surface area contributed by atoms with Gasteiger partial charge in [-0.1, -0.05) is 0 Å². The maximum Gasteiger partial charge on any atom is 0.303 e. The lowest BCUT2D eigenvalue weighted by atomic mass is 9.92. The van der Waals surface area contributed by atoms with E-state index < -0.39 is 11.6 Å². The molecule has 5 heteroatoms. The monoisotopic (exact) mass is 257 g/mol. The third kappa shape index (κ3) is 3.98. The molecule has 0 radical (unpaired) electrons. The van der Waals surface area contributed by atoms with E-state index in [1.54, 1.807) is 18.7 Å². The maximum absolute atomic E-state index is 12.2. The normalized spacial score (nSPS) is 20.8. The van der Waals surface area contributed by atoms with E-state index in [4.69, 9.17) is 9.84 Å². The van der Waals surface area contributed by atoms with E-state index >= 15 is 0 Å². The third-order valence-corrected chi connectivity index (χ3v) is 3.60. The second-order valence-electron chi connectivity index (χ2n) is 5.41. The zero-order valence-electron chi connectivity index (χ0n) is 11.4. The van der Waals surface area contributed by atoms with E-state index in [2.05, 4.69) is 0 Å². The summed E-state index contributed by atoms with van der Waals surface area (Å²) < 4.78 is 5.20. The van der Waals surface area contributed by atoms with Crippen LogP contribution in [0.25, 0.3) is 0 Å². The number of aliphatic carboxylic acids is 1. The van der Waals surface area contributed by atoms with Crippen molar-refractivity contribution >= 4 is 11.9 Å². The fraction of sp³-hybridized carbons (Fsp3) is 0.846. The molecule has 1 aliphatic rings. The number of amides is 1. The number of carbonyl (C=O) groups is 2. The number of rotatable bonds is 5. The molecule has 18 heavy (non-hydrogen) atoms. The maximum atomic E-state index is 12.2. The Morgan fingerprint density at radius 1 is 1.44 bits per heavy atom. The highest BCUT2D eigenvalue weighted by Crippen LogP contribution is 2.23. The predicted octanol–water partition coefficient (Wildman–Crippen LogP) is 1.51. The molecule has 1 rings (SSSR count). The Balaban J connectivity index is 2.53. The van der Waals surface area contributed by atoms with Gasteiger partial charge < -0.3 is 14.7 Å². The van der Waals surface area contributed by atoms with Crippen LogP contribution in [0, 0.1) is 5.92 Å². The lowest BCUT2D eigenvalue weighted by Crippen LogP contribution is -2.50. The summed E-state index contributed by atoms with van der Waals surface area (Å²) in [5, 5.41) is 8.69. The smallest absolute Gasteiger partial charge is 0.303 e. The van der Waals surface area contributed by atoms with Crippen LogP contribution in [0.1, 0.15) is 39.5 Å². The number of carboxylic acid groups (broad SMARTS) is 1. The number of methoxy groups -OCH3 is 1. The van der Waals surface area contributed by atoms with E-state index in [-0.39, 0.29) is 12.3 Å². The molecule has 1 unspecified atom stereocenters. The lowest BCUT2D eigenvalue weighted by Gasteiger charge is -2.37. The minimum Gasteiger partial charge on any atom is -0.481 e. The van der Waals surface area contributed by atoms with Gasteiger partial charge in [0.05, 0.1) is 0 Å². The minimum atomic E-state index is -0.797. The topological polar surface area (TPSA) is 66.8 Å². The van der Waals surface area contributed by atoms with Gasteiger partial charge >= 0.3 is 5.97 Å². The van der Waals surface area contributed by atoms with Crippen LogP contribution < -0.4 is 0 Å². The average Bonchev–Trinajstić information content (AvgIpc) is 2.35. The van der Waals surface area contributed by atoms with Crippen LogP contribution in [0.4, 0.5) is 0 Å². The van der Waals surface area contributed by atoms with Gasteiger partial charge in [-0.05, 0) is 39.0 Å². The standard InChI is InChI=1S/C13H23NO4/c1-13(2,18-3)12(17)14-8-4-5-10(9-14)6-7-11(15)16/h10H,4-9H2,1-3H3,(H,15,16). The number of carbonyl (C=O) groups excluding carboxylic acids is 1. The van der Waals surface area contributed by atoms with Crippen molar-refractivity contribution in [3.05, 3.63) is 0 Å². The summed E-state index contributed by atoms with van der Waals surface area (Å²) in [4.78, 5) is 24.6. The molecule has 1 amide bonds. The van der Waals surface area contributed by atoms with E-state index in [0.29, 0.717) is 18.9 Å². The van der Waals surface area contributed by atoms with Gasteiger partial charge in [-0.15, -0.1) is 0 Å². The van der Waals surface area contributed by atoms with Crippen molar-refractivity contribution in [1.82, 2.24) is 4.90 Å². The predicted molar refractivity (Wildman–Crippen MR) is 67.3 cm³/mol. The first-order valence-corrected chi connectivity index (χ1v) is 6.43. The zero-order chi connectivity index (χ0) is 13.8. The van der Waals surface area contributed by atoms with Gasteiger partial charge in [0.1, 0.15) is 5.60 Å². The molecule has 0 bridgehead atoms. The molecular weight excluding hydrogens is 234 g/mol. The number of likely N-dealkylation sites (tertiary alicyclic amines) is 1. The molecule has 0 saturated carbocycles. The molecule has 104 valence electrons. The molecule has 0 aromatic heterocycles. The van der Waals surface area contributed by atoms with Crippen molar-refractivity contribution in [3.63, 3.8) is 0 Å². The minimum absolute atomic E-state index is 0.00924. The van der Waals surface area contributed by atoms with Crippen LogP contribution in [-0.4, -0.2) is 47.7 Å². The quantitative estimate of drug-likeness (QED) is 0.810. The Bertz CT molecular complexity index is 314. The summed E-state index contributed by atoms with van der Waals surface area (Å²) in [6.45, 7) is 4.92. The summed E-state index contributed by atoms with van der Waals surface area (Å²) in [6, 6.07) is 0. The van der Waals surface area contributed by atoms with Crippen molar-refractivity contribution in [1.29, 1.82) is 0 Å². The van der Waals surface area contributed by atoms with Crippen LogP contribution in [0.15, 0.2) is 0 Å². The highest BCUT2D eigenvalue weighted by Gasteiger charge is 2.34. The lowest BCUT2D eigenvalue weighted by molar-refractivity contribution is -0.153. The van der Waals surface area contributed by atoms with Crippen molar-refractivity contribution in [3.8, 4) is 0 Å². The van der Waals surface area contributed by atoms with Gasteiger partial charge in [0.25, 0.3) is 5.91 Å². The van der Waals surface area contributed by atoms with E-state index in [1.165, 1.54) is 7.11 Å². The van der Waals surface area contributed by atoms with Crippen LogP contribution in [-0.2, 0) is 14.3 Å². The Morgan fingerprint density at radius 2 is 2.11 bits per heavy atom. The Hall–Kier alpha value is -1.10. The molecule has 1 fully saturated rings. The molecular formula is C13H23NO4. The number of hydrogen-bond acceptors (Lipinski definition) is 3. The summed E-state index contributed by atoms with van der Waals surface area (Å²) in [7, 11) is 1.53. The summed E-state index contributed by atoms with van der Waals surface area (Å²) in [5.41, 5.74) is -0.797. The Morgan fingerprint density at radius 3 is 2.67 bits per heavy atom. The van der Waals surface area contributed by atoms with Gasteiger partial charge in [0, 0.05) is 26.6 Å². The number of piperidine rings is 1. The van der Waals surface area contributed by atoms with Crippen molar-refractivity contribution in [2.45, 2.75) is 45.1 Å². The number of ether oxygens (including phenoxy) is 1. The molecule has 0 spiro atoms.